The van der Waals surface area contributed by atoms with Crippen molar-refractivity contribution in [3.8, 4) is 5.75 Å². The third-order valence-corrected chi connectivity index (χ3v) is 3.10. The lowest BCUT2D eigenvalue weighted by molar-refractivity contribution is -0.274. The van der Waals surface area contributed by atoms with Gasteiger partial charge < -0.3 is 10.5 Å². The Kier molecular flexibility index (Phi) is 4.70. The first-order valence-electron chi connectivity index (χ1n) is 6.57. The van der Waals surface area contributed by atoms with Gasteiger partial charge in [-0.3, -0.25) is 4.79 Å². The Morgan fingerprint density at radius 1 is 1.05 bits per heavy atom. The van der Waals surface area contributed by atoms with Crippen molar-refractivity contribution in [3.05, 3.63) is 65.2 Å². The van der Waals surface area contributed by atoms with Gasteiger partial charge in [0.15, 0.2) is 0 Å². The predicted octanol–water partition coefficient (Wildman–Crippen LogP) is 3.47. The van der Waals surface area contributed by atoms with Crippen LogP contribution < -0.4 is 10.5 Å². The van der Waals surface area contributed by atoms with Gasteiger partial charge in [-0.2, -0.15) is 0 Å². The van der Waals surface area contributed by atoms with E-state index in [1.54, 1.807) is 30.3 Å². The largest absolute Gasteiger partial charge is 0.573 e. The minimum atomic E-state index is -4.71. The molecule has 0 aliphatic carbocycles. The Morgan fingerprint density at radius 3 is 2.45 bits per heavy atom. The first kappa shape index (κ1) is 15.9. The van der Waals surface area contributed by atoms with E-state index in [9.17, 15) is 18.0 Å². The standard InChI is InChI=1S/C16H14F3NO2/c17-16(18,19)22-13-6-3-4-11(10-13)8-9-12-5-1-2-7-14(12)15(20)21/h1-7,10H,8-9H2,(H2,20,21). The van der Waals surface area contributed by atoms with Gasteiger partial charge in [0.1, 0.15) is 5.75 Å². The second-order valence-corrected chi connectivity index (χ2v) is 4.72. The molecule has 22 heavy (non-hydrogen) atoms. The van der Waals surface area contributed by atoms with E-state index in [1.807, 2.05) is 0 Å². The highest BCUT2D eigenvalue weighted by Crippen LogP contribution is 2.24. The molecule has 2 aromatic carbocycles. The van der Waals surface area contributed by atoms with Crippen LogP contribution in [0.1, 0.15) is 21.5 Å². The molecular formula is C16H14F3NO2. The van der Waals surface area contributed by atoms with Crippen LogP contribution in [0.4, 0.5) is 13.2 Å². The number of nitrogens with two attached hydrogens (primary N) is 1. The maximum absolute atomic E-state index is 12.2. The number of alkyl halides is 3. The van der Waals surface area contributed by atoms with Crippen molar-refractivity contribution in [2.45, 2.75) is 19.2 Å². The molecule has 0 atom stereocenters. The van der Waals surface area contributed by atoms with E-state index < -0.39 is 12.3 Å². The molecule has 2 aromatic rings. The van der Waals surface area contributed by atoms with Crippen molar-refractivity contribution in [2.24, 2.45) is 5.73 Å². The first-order valence-corrected chi connectivity index (χ1v) is 6.57. The van der Waals surface area contributed by atoms with Gasteiger partial charge >= 0.3 is 6.36 Å². The number of ether oxygens (including phenoxy) is 1. The Morgan fingerprint density at radius 2 is 1.77 bits per heavy atom. The predicted molar refractivity (Wildman–Crippen MR) is 75.5 cm³/mol. The van der Waals surface area contributed by atoms with Gasteiger partial charge in [0, 0.05) is 5.56 Å². The maximum Gasteiger partial charge on any atom is 0.573 e. The molecule has 0 radical (unpaired) electrons. The van der Waals surface area contributed by atoms with Gasteiger partial charge in [-0.15, -0.1) is 13.2 Å². The van der Waals surface area contributed by atoms with E-state index in [-0.39, 0.29) is 5.75 Å². The molecule has 0 saturated carbocycles. The fourth-order valence-electron chi connectivity index (χ4n) is 2.16. The summed E-state index contributed by atoms with van der Waals surface area (Å²) in [5.41, 5.74) is 7.16. The number of hydrogen-bond acceptors (Lipinski definition) is 2. The highest BCUT2D eigenvalue weighted by molar-refractivity contribution is 5.94. The molecule has 0 aromatic heterocycles. The summed E-state index contributed by atoms with van der Waals surface area (Å²) in [7, 11) is 0. The molecule has 3 nitrogen and oxygen atoms in total. The molecule has 0 saturated heterocycles. The van der Waals surface area contributed by atoms with Gasteiger partial charge in [0.05, 0.1) is 0 Å². The van der Waals surface area contributed by atoms with E-state index in [0.29, 0.717) is 24.0 Å². The van der Waals surface area contributed by atoms with Crippen molar-refractivity contribution in [1.82, 2.24) is 0 Å². The molecule has 2 N–H and O–H groups in total. The van der Waals surface area contributed by atoms with Gasteiger partial charge in [0.25, 0.3) is 0 Å². The summed E-state index contributed by atoms with van der Waals surface area (Å²) in [6, 6.07) is 12.7. The summed E-state index contributed by atoms with van der Waals surface area (Å²) in [5.74, 6) is -0.780. The zero-order valence-corrected chi connectivity index (χ0v) is 11.6. The van der Waals surface area contributed by atoms with E-state index >= 15 is 0 Å². The van der Waals surface area contributed by atoms with Crippen LogP contribution in [0.5, 0.6) is 5.75 Å². The molecule has 1 amide bonds. The van der Waals surface area contributed by atoms with Crippen molar-refractivity contribution >= 4 is 5.91 Å². The summed E-state index contributed by atoms with van der Waals surface area (Å²) >= 11 is 0. The molecule has 6 heteroatoms. The Hall–Kier alpha value is -2.50. The molecule has 0 aliphatic rings. The molecule has 2 rings (SSSR count). The molecule has 0 spiro atoms. The molecule has 0 heterocycles. The van der Waals surface area contributed by atoms with Crippen LogP contribution in [0.3, 0.4) is 0 Å². The molecule has 116 valence electrons. The lowest BCUT2D eigenvalue weighted by atomic mass is 9.99. The number of carbonyl (C=O) groups excluding carboxylic acids is 1. The topological polar surface area (TPSA) is 52.3 Å². The lowest BCUT2D eigenvalue weighted by Crippen LogP contribution is -2.17. The second kappa shape index (κ2) is 6.51. The minimum Gasteiger partial charge on any atom is -0.406 e. The Balaban J connectivity index is 2.09. The molecule has 0 unspecified atom stereocenters. The van der Waals surface area contributed by atoms with Crippen LogP contribution in [-0.4, -0.2) is 12.3 Å². The number of amides is 1. The minimum absolute atomic E-state index is 0.256. The number of aryl methyl sites for hydroxylation is 2. The fraction of sp³-hybridized carbons (Fsp3) is 0.188. The van der Waals surface area contributed by atoms with Gasteiger partial charge in [-0.05, 0) is 42.2 Å². The first-order chi connectivity index (χ1) is 10.3. The second-order valence-electron chi connectivity index (χ2n) is 4.72. The average molecular weight is 309 g/mol. The fourth-order valence-corrected chi connectivity index (χ4v) is 2.16. The van der Waals surface area contributed by atoms with E-state index in [4.69, 9.17) is 5.73 Å². The van der Waals surface area contributed by atoms with E-state index in [2.05, 4.69) is 4.74 Å². The summed E-state index contributed by atoms with van der Waals surface area (Å²) in [5, 5.41) is 0. The highest BCUT2D eigenvalue weighted by atomic mass is 19.4. The SMILES string of the molecule is NC(=O)c1ccccc1CCc1cccc(OC(F)(F)F)c1. The number of rotatable bonds is 5. The van der Waals surface area contributed by atoms with Gasteiger partial charge in [0.2, 0.25) is 5.91 Å². The number of hydrogen-bond donors (Lipinski definition) is 1. The van der Waals surface area contributed by atoms with E-state index in [1.165, 1.54) is 18.2 Å². The van der Waals surface area contributed by atoms with Crippen LogP contribution in [0.25, 0.3) is 0 Å². The smallest absolute Gasteiger partial charge is 0.406 e. The quantitative estimate of drug-likeness (QED) is 0.919. The molecule has 0 fully saturated rings. The van der Waals surface area contributed by atoms with Crippen molar-refractivity contribution < 1.29 is 22.7 Å². The molecule has 0 bridgehead atoms. The van der Waals surface area contributed by atoms with Gasteiger partial charge in [-0.1, -0.05) is 30.3 Å². The maximum atomic E-state index is 12.2. The van der Waals surface area contributed by atoms with Crippen LogP contribution in [0.15, 0.2) is 48.5 Å². The Bertz CT molecular complexity index is 668. The zero-order valence-electron chi connectivity index (χ0n) is 11.6. The van der Waals surface area contributed by atoms with Crippen LogP contribution >= 0.6 is 0 Å². The number of benzene rings is 2. The summed E-state index contributed by atoms with van der Waals surface area (Å²) in [6.45, 7) is 0. The molecular weight excluding hydrogens is 295 g/mol. The van der Waals surface area contributed by atoms with Crippen LogP contribution in [-0.2, 0) is 12.8 Å². The third kappa shape index (κ3) is 4.51. The van der Waals surface area contributed by atoms with Crippen molar-refractivity contribution in [1.29, 1.82) is 0 Å². The average Bonchev–Trinajstić information content (AvgIpc) is 2.44. The number of carbonyl (C=O) groups is 1. The van der Waals surface area contributed by atoms with Crippen molar-refractivity contribution in [3.63, 3.8) is 0 Å². The van der Waals surface area contributed by atoms with Crippen LogP contribution in [0, 0.1) is 0 Å². The van der Waals surface area contributed by atoms with Crippen molar-refractivity contribution in [2.75, 3.05) is 0 Å². The summed E-state index contributed by atoms with van der Waals surface area (Å²) in [6.07, 6.45) is -3.74. The lowest BCUT2D eigenvalue weighted by Gasteiger charge is -2.10. The third-order valence-electron chi connectivity index (χ3n) is 3.10. The number of halogens is 3. The highest BCUT2D eigenvalue weighted by Gasteiger charge is 2.31. The Labute approximate surface area is 125 Å². The zero-order chi connectivity index (χ0) is 16.2. The van der Waals surface area contributed by atoms with Crippen LogP contribution in [0.2, 0.25) is 0 Å². The summed E-state index contributed by atoms with van der Waals surface area (Å²) in [4.78, 5) is 11.3. The van der Waals surface area contributed by atoms with Gasteiger partial charge in [-0.25, -0.2) is 0 Å². The monoisotopic (exact) mass is 309 g/mol. The molecule has 0 aliphatic heterocycles. The normalized spacial score (nSPS) is 11.2. The summed E-state index contributed by atoms with van der Waals surface area (Å²) < 4.78 is 40.5. The van der Waals surface area contributed by atoms with E-state index in [0.717, 1.165) is 5.56 Å². The number of primary amides is 1.